The fourth-order valence-electron chi connectivity index (χ4n) is 2.46. The van der Waals surface area contributed by atoms with Crippen molar-refractivity contribution in [1.82, 2.24) is 5.32 Å². The minimum absolute atomic E-state index is 0.203. The monoisotopic (exact) mass is 298 g/mol. The largest absolute Gasteiger partial charge is 0.497 e. The highest BCUT2D eigenvalue weighted by Crippen LogP contribution is 2.21. The molecule has 2 amide bonds. The molecule has 0 radical (unpaired) electrons. The van der Waals surface area contributed by atoms with E-state index >= 15 is 0 Å². The van der Waals surface area contributed by atoms with Gasteiger partial charge in [0.2, 0.25) is 0 Å². The number of urea groups is 1. The molecule has 0 unspecified atom stereocenters. The van der Waals surface area contributed by atoms with E-state index in [2.05, 4.69) is 22.8 Å². The number of nitrogens with one attached hydrogen (secondary N) is 2. The smallest absolute Gasteiger partial charge is 0.319 e. The van der Waals surface area contributed by atoms with Crippen molar-refractivity contribution < 1.29 is 9.53 Å². The van der Waals surface area contributed by atoms with Gasteiger partial charge in [-0.1, -0.05) is 29.8 Å². The molecule has 0 aromatic heterocycles. The quantitative estimate of drug-likeness (QED) is 0.898. The van der Waals surface area contributed by atoms with Crippen molar-refractivity contribution in [2.45, 2.75) is 27.3 Å². The molecule has 0 fully saturated rings. The van der Waals surface area contributed by atoms with Gasteiger partial charge in [-0.05, 0) is 49.6 Å². The van der Waals surface area contributed by atoms with Crippen molar-refractivity contribution in [3.05, 3.63) is 58.7 Å². The molecule has 0 saturated heterocycles. The van der Waals surface area contributed by atoms with Gasteiger partial charge in [-0.15, -0.1) is 0 Å². The Morgan fingerprint density at radius 1 is 1.05 bits per heavy atom. The van der Waals surface area contributed by atoms with Crippen LogP contribution in [0.4, 0.5) is 10.5 Å². The first-order chi connectivity index (χ1) is 10.5. The van der Waals surface area contributed by atoms with Crippen LogP contribution in [0.2, 0.25) is 0 Å². The Morgan fingerprint density at radius 3 is 2.18 bits per heavy atom. The van der Waals surface area contributed by atoms with Crippen molar-refractivity contribution in [2.24, 2.45) is 0 Å². The molecule has 22 heavy (non-hydrogen) atoms. The van der Waals surface area contributed by atoms with Crippen molar-refractivity contribution in [3.63, 3.8) is 0 Å². The van der Waals surface area contributed by atoms with Crippen molar-refractivity contribution in [3.8, 4) is 5.75 Å². The SMILES string of the molecule is COc1ccc(CNC(=O)Nc2c(C)cc(C)cc2C)cc1. The van der Waals surface area contributed by atoms with E-state index in [1.165, 1.54) is 5.56 Å². The fourth-order valence-corrected chi connectivity index (χ4v) is 2.46. The molecule has 0 aliphatic carbocycles. The molecule has 0 atom stereocenters. The highest BCUT2D eigenvalue weighted by molar-refractivity contribution is 5.91. The number of carbonyl (C=O) groups excluding carboxylic acids is 1. The number of hydrogen-bond donors (Lipinski definition) is 2. The van der Waals surface area contributed by atoms with Crippen LogP contribution in [0.15, 0.2) is 36.4 Å². The van der Waals surface area contributed by atoms with Gasteiger partial charge in [0.15, 0.2) is 0 Å². The van der Waals surface area contributed by atoms with Gasteiger partial charge in [0.1, 0.15) is 5.75 Å². The summed E-state index contributed by atoms with van der Waals surface area (Å²) in [5.41, 5.74) is 5.22. The summed E-state index contributed by atoms with van der Waals surface area (Å²) in [6.07, 6.45) is 0. The number of carbonyl (C=O) groups is 1. The average molecular weight is 298 g/mol. The lowest BCUT2D eigenvalue weighted by molar-refractivity contribution is 0.251. The van der Waals surface area contributed by atoms with Gasteiger partial charge in [0.25, 0.3) is 0 Å². The topological polar surface area (TPSA) is 50.4 Å². The van der Waals surface area contributed by atoms with Gasteiger partial charge in [-0.3, -0.25) is 0 Å². The number of anilines is 1. The number of hydrogen-bond acceptors (Lipinski definition) is 2. The second kappa shape index (κ2) is 6.98. The third kappa shape index (κ3) is 4.01. The standard InChI is InChI=1S/C18H22N2O2/c1-12-9-13(2)17(14(3)10-12)20-18(21)19-11-15-5-7-16(22-4)8-6-15/h5-10H,11H2,1-4H3,(H2,19,20,21). The highest BCUT2D eigenvalue weighted by Gasteiger charge is 2.08. The van der Waals surface area contributed by atoms with Gasteiger partial charge in [0, 0.05) is 12.2 Å². The maximum absolute atomic E-state index is 12.1. The Bertz CT molecular complexity index is 640. The van der Waals surface area contributed by atoms with Gasteiger partial charge in [0.05, 0.1) is 7.11 Å². The molecule has 4 heteroatoms. The first-order valence-corrected chi connectivity index (χ1v) is 7.25. The Morgan fingerprint density at radius 2 is 1.64 bits per heavy atom. The number of ether oxygens (including phenoxy) is 1. The number of aryl methyl sites for hydroxylation is 3. The molecule has 0 bridgehead atoms. The summed E-state index contributed by atoms with van der Waals surface area (Å²) in [7, 11) is 1.63. The number of amides is 2. The fraction of sp³-hybridized carbons (Fsp3) is 0.278. The lowest BCUT2D eigenvalue weighted by Gasteiger charge is -2.13. The summed E-state index contributed by atoms with van der Waals surface area (Å²) < 4.78 is 5.11. The molecule has 0 heterocycles. The van der Waals surface area contributed by atoms with Crippen LogP contribution >= 0.6 is 0 Å². The Labute approximate surface area is 131 Å². The Balaban J connectivity index is 1.95. The summed E-state index contributed by atoms with van der Waals surface area (Å²) in [5.74, 6) is 0.805. The van der Waals surface area contributed by atoms with Gasteiger partial charge in [-0.25, -0.2) is 4.79 Å². The zero-order valence-electron chi connectivity index (χ0n) is 13.5. The van der Waals surface area contributed by atoms with E-state index in [1.807, 2.05) is 45.0 Å². The molecule has 2 aromatic rings. The zero-order chi connectivity index (χ0) is 16.1. The molecule has 0 aliphatic rings. The first-order valence-electron chi connectivity index (χ1n) is 7.25. The number of rotatable bonds is 4. The molecule has 0 aliphatic heterocycles. The van der Waals surface area contributed by atoms with Crippen LogP contribution in [0, 0.1) is 20.8 Å². The van der Waals surface area contributed by atoms with Crippen LogP contribution in [-0.4, -0.2) is 13.1 Å². The predicted molar refractivity (Wildman–Crippen MR) is 89.5 cm³/mol. The maximum Gasteiger partial charge on any atom is 0.319 e. The van der Waals surface area contributed by atoms with Gasteiger partial charge in [-0.2, -0.15) is 0 Å². The second-order valence-corrected chi connectivity index (χ2v) is 5.43. The normalized spacial score (nSPS) is 10.2. The summed E-state index contributed by atoms with van der Waals surface area (Å²) >= 11 is 0. The molecular weight excluding hydrogens is 276 g/mol. The highest BCUT2D eigenvalue weighted by atomic mass is 16.5. The molecule has 116 valence electrons. The van der Waals surface area contributed by atoms with Crippen molar-refractivity contribution >= 4 is 11.7 Å². The van der Waals surface area contributed by atoms with Gasteiger partial charge < -0.3 is 15.4 Å². The van der Waals surface area contributed by atoms with Crippen LogP contribution in [0.25, 0.3) is 0 Å². The molecule has 2 aromatic carbocycles. The Kier molecular flexibility index (Phi) is 5.04. The van der Waals surface area contributed by atoms with Gasteiger partial charge >= 0.3 is 6.03 Å². The molecule has 4 nitrogen and oxygen atoms in total. The van der Waals surface area contributed by atoms with E-state index in [0.717, 1.165) is 28.1 Å². The van der Waals surface area contributed by atoms with Crippen molar-refractivity contribution in [2.75, 3.05) is 12.4 Å². The van der Waals surface area contributed by atoms with Crippen LogP contribution in [0.3, 0.4) is 0 Å². The summed E-state index contributed by atoms with van der Waals surface area (Å²) in [5, 5.41) is 5.79. The minimum atomic E-state index is -0.203. The maximum atomic E-state index is 12.1. The Hall–Kier alpha value is -2.49. The van der Waals surface area contributed by atoms with E-state index in [1.54, 1.807) is 7.11 Å². The third-order valence-corrected chi connectivity index (χ3v) is 3.53. The summed E-state index contributed by atoms with van der Waals surface area (Å²) in [6, 6.07) is 11.5. The van der Waals surface area contributed by atoms with Crippen LogP contribution in [0.5, 0.6) is 5.75 Å². The van der Waals surface area contributed by atoms with Crippen LogP contribution in [0.1, 0.15) is 22.3 Å². The first kappa shape index (κ1) is 15.9. The number of benzene rings is 2. The predicted octanol–water partition coefficient (Wildman–Crippen LogP) is 3.94. The molecular formula is C18H22N2O2. The van der Waals surface area contributed by atoms with E-state index in [0.29, 0.717) is 6.54 Å². The molecule has 0 saturated carbocycles. The third-order valence-electron chi connectivity index (χ3n) is 3.53. The van der Waals surface area contributed by atoms with Crippen LogP contribution < -0.4 is 15.4 Å². The lowest BCUT2D eigenvalue weighted by atomic mass is 10.1. The summed E-state index contributed by atoms with van der Waals surface area (Å²) in [6.45, 7) is 6.52. The van der Waals surface area contributed by atoms with Crippen molar-refractivity contribution in [1.29, 1.82) is 0 Å². The summed E-state index contributed by atoms with van der Waals surface area (Å²) in [4.78, 5) is 12.1. The average Bonchev–Trinajstić information content (AvgIpc) is 2.49. The van der Waals surface area contributed by atoms with E-state index in [4.69, 9.17) is 4.74 Å². The lowest BCUT2D eigenvalue weighted by Crippen LogP contribution is -2.28. The molecule has 2 N–H and O–H groups in total. The van der Waals surface area contributed by atoms with E-state index < -0.39 is 0 Å². The van der Waals surface area contributed by atoms with E-state index in [-0.39, 0.29) is 6.03 Å². The van der Waals surface area contributed by atoms with E-state index in [9.17, 15) is 4.79 Å². The molecule has 2 rings (SSSR count). The minimum Gasteiger partial charge on any atom is -0.497 e. The second-order valence-electron chi connectivity index (χ2n) is 5.43. The van der Waals surface area contributed by atoms with Crippen LogP contribution in [-0.2, 0) is 6.54 Å². The zero-order valence-corrected chi connectivity index (χ0v) is 13.5. The molecule has 0 spiro atoms. The number of methoxy groups -OCH3 is 1.